The summed E-state index contributed by atoms with van der Waals surface area (Å²) in [7, 11) is 0. The van der Waals surface area contributed by atoms with Crippen LogP contribution in [0.3, 0.4) is 0 Å². The van der Waals surface area contributed by atoms with Gasteiger partial charge in [0.05, 0.1) is 11.1 Å². The highest BCUT2D eigenvalue weighted by Gasteiger charge is 2.13. The van der Waals surface area contributed by atoms with Crippen LogP contribution < -0.4 is 0 Å². The Labute approximate surface area is 121 Å². The molecule has 3 heteroatoms. The molecule has 1 unspecified atom stereocenters. The van der Waals surface area contributed by atoms with Gasteiger partial charge in [-0.05, 0) is 34.5 Å². The molecule has 0 fully saturated rings. The van der Waals surface area contributed by atoms with E-state index in [9.17, 15) is 5.11 Å². The van der Waals surface area contributed by atoms with Crippen molar-refractivity contribution in [1.29, 1.82) is 0 Å². The minimum Gasteiger partial charge on any atom is -0.388 e. The molecule has 1 N–H and O–H groups in total. The van der Waals surface area contributed by atoms with Crippen LogP contribution in [0.4, 0.5) is 0 Å². The number of halogens is 2. The molecule has 0 saturated carbocycles. The molecule has 0 aromatic heterocycles. The first-order chi connectivity index (χ1) is 8.58. The Morgan fingerprint density at radius 1 is 1.17 bits per heavy atom. The molecule has 0 radical (unpaired) electrons. The van der Waals surface area contributed by atoms with Crippen molar-refractivity contribution in [2.24, 2.45) is 0 Å². The Kier molecular flexibility index (Phi) is 4.44. The van der Waals surface area contributed by atoms with Crippen molar-refractivity contribution >= 4 is 27.5 Å². The summed E-state index contributed by atoms with van der Waals surface area (Å²) in [6.45, 7) is 2.05. The zero-order valence-corrected chi connectivity index (χ0v) is 12.4. The van der Waals surface area contributed by atoms with Crippen molar-refractivity contribution < 1.29 is 5.11 Å². The van der Waals surface area contributed by atoms with Gasteiger partial charge in [-0.3, -0.25) is 0 Å². The summed E-state index contributed by atoms with van der Waals surface area (Å²) >= 11 is 9.54. The van der Waals surface area contributed by atoms with Gasteiger partial charge in [0.25, 0.3) is 0 Å². The number of rotatable bonds is 3. The van der Waals surface area contributed by atoms with E-state index in [2.05, 4.69) is 15.9 Å². The minimum atomic E-state index is -0.585. The summed E-state index contributed by atoms with van der Waals surface area (Å²) < 4.78 is 0.810. The van der Waals surface area contributed by atoms with E-state index >= 15 is 0 Å². The zero-order chi connectivity index (χ0) is 13.1. The highest BCUT2D eigenvalue weighted by Crippen LogP contribution is 2.31. The predicted octanol–water partition coefficient (Wildman–Crippen LogP) is 4.69. The molecule has 0 bridgehead atoms. The van der Waals surface area contributed by atoms with Gasteiger partial charge < -0.3 is 5.11 Å². The highest BCUT2D eigenvalue weighted by molar-refractivity contribution is 9.10. The fourth-order valence-electron chi connectivity index (χ4n) is 1.84. The molecule has 0 saturated heterocycles. The summed E-state index contributed by atoms with van der Waals surface area (Å²) in [6, 6.07) is 13.8. The standard InChI is InChI=1S/C15H14BrClO/c1-10-5-7-11(8-6-10)9-14(18)12-3-2-4-13(16)15(12)17/h2-8,14,18H,9H2,1H3. The van der Waals surface area contributed by atoms with Gasteiger partial charge in [-0.2, -0.15) is 0 Å². The second-order valence-corrected chi connectivity index (χ2v) is 5.58. The third-order valence-electron chi connectivity index (χ3n) is 2.89. The fraction of sp³-hybridized carbons (Fsp3) is 0.200. The quantitative estimate of drug-likeness (QED) is 0.868. The molecule has 94 valence electrons. The van der Waals surface area contributed by atoms with E-state index in [-0.39, 0.29) is 0 Å². The third-order valence-corrected chi connectivity index (χ3v) is 4.20. The molecule has 0 spiro atoms. The van der Waals surface area contributed by atoms with E-state index < -0.39 is 6.10 Å². The number of hydrogen-bond donors (Lipinski definition) is 1. The summed E-state index contributed by atoms with van der Waals surface area (Å²) in [5.41, 5.74) is 3.07. The second-order valence-electron chi connectivity index (χ2n) is 4.35. The predicted molar refractivity (Wildman–Crippen MR) is 79.0 cm³/mol. The van der Waals surface area contributed by atoms with E-state index in [1.165, 1.54) is 5.56 Å². The largest absolute Gasteiger partial charge is 0.388 e. The Bertz CT molecular complexity index is 537. The monoisotopic (exact) mass is 324 g/mol. The smallest absolute Gasteiger partial charge is 0.0845 e. The summed E-state index contributed by atoms with van der Waals surface area (Å²) in [6.07, 6.45) is -0.0195. The second kappa shape index (κ2) is 5.87. The molecular weight excluding hydrogens is 312 g/mol. The molecule has 2 aromatic carbocycles. The SMILES string of the molecule is Cc1ccc(CC(O)c2cccc(Br)c2Cl)cc1. The van der Waals surface area contributed by atoms with Crippen LogP contribution in [-0.4, -0.2) is 5.11 Å². The maximum absolute atomic E-state index is 10.2. The maximum atomic E-state index is 10.2. The van der Waals surface area contributed by atoms with Crippen LogP contribution >= 0.6 is 27.5 Å². The van der Waals surface area contributed by atoms with Crippen molar-refractivity contribution in [3.63, 3.8) is 0 Å². The lowest BCUT2D eigenvalue weighted by molar-refractivity contribution is 0.178. The summed E-state index contributed by atoms with van der Waals surface area (Å²) in [4.78, 5) is 0. The number of aryl methyl sites for hydroxylation is 1. The molecule has 2 rings (SSSR count). The lowest BCUT2D eigenvalue weighted by atomic mass is 10.0. The van der Waals surface area contributed by atoms with Gasteiger partial charge in [-0.15, -0.1) is 0 Å². The molecule has 0 aliphatic carbocycles. The summed E-state index contributed by atoms with van der Waals surface area (Å²) in [5.74, 6) is 0. The van der Waals surface area contributed by atoms with Crippen molar-refractivity contribution in [3.8, 4) is 0 Å². The van der Waals surface area contributed by atoms with Crippen molar-refractivity contribution in [2.45, 2.75) is 19.4 Å². The minimum absolute atomic E-state index is 0.566. The molecule has 2 aromatic rings. The summed E-state index contributed by atoms with van der Waals surface area (Å²) in [5, 5.41) is 10.8. The van der Waals surface area contributed by atoms with Crippen LogP contribution in [0.2, 0.25) is 5.02 Å². The Balaban J connectivity index is 2.19. The molecule has 0 aliphatic heterocycles. The highest BCUT2D eigenvalue weighted by atomic mass is 79.9. The van der Waals surface area contributed by atoms with Gasteiger partial charge in [-0.1, -0.05) is 53.6 Å². The lowest BCUT2D eigenvalue weighted by Crippen LogP contribution is -2.02. The van der Waals surface area contributed by atoms with E-state index in [0.717, 1.165) is 15.6 Å². The molecule has 0 aliphatic rings. The first kappa shape index (κ1) is 13.6. The zero-order valence-electron chi connectivity index (χ0n) is 10.0. The Morgan fingerprint density at radius 2 is 1.83 bits per heavy atom. The van der Waals surface area contributed by atoms with Crippen LogP contribution in [0.15, 0.2) is 46.9 Å². The van der Waals surface area contributed by atoms with Gasteiger partial charge >= 0.3 is 0 Å². The average Bonchev–Trinajstić information content (AvgIpc) is 2.35. The molecule has 1 atom stereocenters. The third kappa shape index (κ3) is 3.14. The van der Waals surface area contributed by atoms with Crippen molar-refractivity contribution in [2.75, 3.05) is 0 Å². The molecule has 0 amide bonds. The van der Waals surface area contributed by atoms with Crippen molar-refractivity contribution in [1.82, 2.24) is 0 Å². The van der Waals surface area contributed by atoms with E-state index in [1.54, 1.807) is 0 Å². The number of benzene rings is 2. The fourth-order valence-corrected chi connectivity index (χ4v) is 2.47. The van der Waals surface area contributed by atoms with Gasteiger partial charge in [0.2, 0.25) is 0 Å². The molecule has 18 heavy (non-hydrogen) atoms. The molecule has 0 heterocycles. The van der Waals surface area contributed by atoms with Gasteiger partial charge in [-0.25, -0.2) is 0 Å². The first-order valence-corrected chi connectivity index (χ1v) is 6.92. The van der Waals surface area contributed by atoms with E-state index in [0.29, 0.717) is 11.4 Å². The Morgan fingerprint density at radius 3 is 2.50 bits per heavy atom. The van der Waals surface area contributed by atoms with Crippen LogP contribution in [-0.2, 0) is 6.42 Å². The van der Waals surface area contributed by atoms with E-state index in [1.807, 2.05) is 49.4 Å². The topological polar surface area (TPSA) is 20.2 Å². The number of aliphatic hydroxyl groups excluding tert-OH is 1. The van der Waals surface area contributed by atoms with Crippen LogP contribution in [0.25, 0.3) is 0 Å². The first-order valence-electron chi connectivity index (χ1n) is 5.75. The number of hydrogen-bond acceptors (Lipinski definition) is 1. The Hall–Kier alpha value is -0.830. The molecular formula is C15H14BrClO. The number of aliphatic hydroxyl groups is 1. The van der Waals surface area contributed by atoms with Crippen LogP contribution in [0.1, 0.15) is 22.8 Å². The van der Waals surface area contributed by atoms with Gasteiger partial charge in [0, 0.05) is 16.5 Å². The van der Waals surface area contributed by atoms with Crippen LogP contribution in [0, 0.1) is 6.92 Å². The lowest BCUT2D eigenvalue weighted by Gasteiger charge is -2.13. The maximum Gasteiger partial charge on any atom is 0.0845 e. The normalized spacial score (nSPS) is 12.4. The molecule has 1 nitrogen and oxygen atoms in total. The van der Waals surface area contributed by atoms with Crippen molar-refractivity contribution in [3.05, 3.63) is 68.7 Å². The average molecular weight is 326 g/mol. The van der Waals surface area contributed by atoms with Gasteiger partial charge in [0.15, 0.2) is 0 Å². The van der Waals surface area contributed by atoms with Gasteiger partial charge in [0.1, 0.15) is 0 Å². The van der Waals surface area contributed by atoms with Crippen LogP contribution in [0.5, 0.6) is 0 Å². The van der Waals surface area contributed by atoms with E-state index in [4.69, 9.17) is 11.6 Å².